The fourth-order valence-corrected chi connectivity index (χ4v) is 5.92. The van der Waals surface area contributed by atoms with E-state index in [2.05, 4.69) is 23.9 Å². The van der Waals surface area contributed by atoms with Crippen molar-refractivity contribution in [1.82, 2.24) is 10.0 Å². The average molecular weight is 288 g/mol. The van der Waals surface area contributed by atoms with Crippen LogP contribution in [0.2, 0.25) is 0 Å². The summed E-state index contributed by atoms with van der Waals surface area (Å²) in [6, 6.07) is 0.530. The summed E-state index contributed by atoms with van der Waals surface area (Å²) in [4.78, 5) is 12.8. The molecule has 3 nitrogen and oxygen atoms in total. The van der Waals surface area contributed by atoms with Gasteiger partial charge in [0, 0.05) is 6.54 Å². The summed E-state index contributed by atoms with van der Waals surface area (Å²) in [5.74, 6) is 5.11. The monoisotopic (exact) mass is 288 g/mol. The van der Waals surface area contributed by atoms with Crippen LogP contribution in [0.15, 0.2) is 0 Å². The van der Waals surface area contributed by atoms with E-state index in [0.29, 0.717) is 11.9 Å². The zero-order valence-corrected chi connectivity index (χ0v) is 13.4. The van der Waals surface area contributed by atoms with Crippen molar-refractivity contribution in [2.24, 2.45) is 29.6 Å². The van der Waals surface area contributed by atoms with Gasteiger partial charge in [0.25, 0.3) is 5.91 Å². The summed E-state index contributed by atoms with van der Waals surface area (Å²) in [6.07, 6.45) is 9.71. The first-order valence-corrected chi connectivity index (χ1v) is 9.17. The van der Waals surface area contributed by atoms with Crippen LogP contribution in [-0.2, 0) is 4.79 Å². The highest BCUT2D eigenvalue weighted by atomic mass is 16.2. The Morgan fingerprint density at radius 3 is 2.52 bits per heavy atom. The van der Waals surface area contributed by atoms with E-state index < -0.39 is 0 Å². The third kappa shape index (κ3) is 1.67. The molecule has 4 aliphatic carbocycles. The van der Waals surface area contributed by atoms with Gasteiger partial charge in [-0.2, -0.15) is 0 Å². The van der Waals surface area contributed by atoms with Gasteiger partial charge in [0.15, 0.2) is 0 Å². The van der Waals surface area contributed by atoms with Crippen LogP contribution in [0.25, 0.3) is 0 Å². The lowest BCUT2D eigenvalue weighted by atomic mass is 9.64. The van der Waals surface area contributed by atoms with Gasteiger partial charge in [-0.05, 0) is 88.4 Å². The summed E-state index contributed by atoms with van der Waals surface area (Å²) < 4.78 is 0. The van der Waals surface area contributed by atoms with Gasteiger partial charge in [0.05, 0.1) is 6.04 Å². The number of amides is 1. The number of carbonyl (C=O) groups excluding carboxylic acids is 1. The molecule has 1 saturated heterocycles. The molecular formula is C18H28N2O. The molecule has 1 amide bonds. The minimum atomic E-state index is -0.240. The predicted molar refractivity (Wildman–Crippen MR) is 81.2 cm³/mol. The van der Waals surface area contributed by atoms with Gasteiger partial charge >= 0.3 is 0 Å². The van der Waals surface area contributed by atoms with E-state index in [-0.39, 0.29) is 5.54 Å². The molecule has 21 heavy (non-hydrogen) atoms. The number of nitrogens with zero attached hydrogens (tertiary/aromatic N) is 2. The first-order chi connectivity index (χ1) is 10.1. The summed E-state index contributed by atoms with van der Waals surface area (Å²) in [5, 5.41) is 4.68. The Bertz CT molecular complexity index is 484. The van der Waals surface area contributed by atoms with Crippen molar-refractivity contribution >= 4 is 5.91 Å². The second-order valence-corrected chi connectivity index (χ2v) is 9.03. The third-order valence-electron chi connectivity index (χ3n) is 7.45. The van der Waals surface area contributed by atoms with Crippen LogP contribution < -0.4 is 0 Å². The molecule has 0 radical (unpaired) electrons. The number of rotatable bonds is 3. The van der Waals surface area contributed by atoms with Crippen LogP contribution in [0, 0.1) is 29.6 Å². The van der Waals surface area contributed by atoms with Gasteiger partial charge in [0.1, 0.15) is 5.54 Å². The second kappa shape index (κ2) is 4.04. The van der Waals surface area contributed by atoms with E-state index in [9.17, 15) is 4.79 Å². The zero-order chi connectivity index (χ0) is 14.4. The highest BCUT2D eigenvalue weighted by molar-refractivity contribution is 5.90. The predicted octanol–water partition coefficient (Wildman–Crippen LogP) is 3.06. The van der Waals surface area contributed by atoms with Crippen molar-refractivity contribution in [2.75, 3.05) is 6.54 Å². The lowest BCUT2D eigenvalue weighted by Crippen LogP contribution is -2.77. The standard InChI is InChI=1S/C18H28N2O/c1-18(2)17(21)20(19(18)10-11-3-4-11)16-6-5-12-7-13-8-14(16)9-15(12)13/h11-16H,3-10H2,1-2H3. The molecule has 0 spiro atoms. The molecule has 0 aromatic heterocycles. The first kappa shape index (κ1) is 12.9. The van der Waals surface area contributed by atoms with Crippen molar-refractivity contribution in [3.8, 4) is 0 Å². The Hall–Kier alpha value is -0.570. The summed E-state index contributed by atoms with van der Waals surface area (Å²) in [6.45, 7) is 5.37. The molecule has 5 unspecified atom stereocenters. The van der Waals surface area contributed by atoms with Gasteiger partial charge in [-0.3, -0.25) is 9.80 Å². The van der Waals surface area contributed by atoms with E-state index in [4.69, 9.17) is 0 Å². The van der Waals surface area contributed by atoms with Crippen molar-refractivity contribution in [2.45, 2.75) is 70.4 Å². The molecule has 3 heteroatoms. The molecule has 1 heterocycles. The average Bonchev–Trinajstić information content (AvgIpc) is 3.18. The summed E-state index contributed by atoms with van der Waals surface area (Å²) in [7, 11) is 0. The second-order valence-electron chi connectivity index (χ2n) is 9.03. The van der Waals surface area contributed by atoms with Crippen molar-refractivity contribution < 1.29 is 4.79 Å². The minimum absolute atomic E-state index is 0.240. The normalized spacial score (nSPS) is 47.8. The molecule has 5 fully saturated rings. The van der Waals surface area contributed by atoms with Crippen molar-refractivity contribution in [1.29, 1.82) is 0 Å². The molecule has 0 aromatic carbocycles. The van der Waals surface area contributed by atoms with Gasteiger partial charge in [0.2, 0.25) is 0 Å². The SMILES string of the molecule is CC1(C)C(=O)N(C2CCC3CC4CC2CC34)N1CC1CC1. The fourth-order valence-electron chi connectivity index (χ4n) is 5.92. The number of carbonyl (C=O) groups is 1. The maximum atomic E-state index is 12.8. The minimum Gasteiger partial charge on any atom is -0.271 e. The fraction of sp³-hybridized carbons (Fsp3) is 0.944. The van der Waals surface area contributed by atoms with E-state index in [1.54, 1.807) is 0 Å². The van der Waals surface area contributed by atoms with Crippen molar-refractivity contribution in [3.05, 3.63) is 0 Å². The van der Waals surface area contributed by atoms with E-state index in [1.807, 2.05) is 0 Å². The highest BCUT2D eigenvalue weighted by Crippen LogP contribution is 2.59. The Morgan fingerprint density at radius 1 is 1.00 bits per heavy atom. The maximum absolute atomic E-state index is 12.8. The van der Waals surface area contributed by atoms with E-state index in [0.717, 1.165) is 36.1 Å². The lowest BCUT2D eigenvalue weighted by molar-refractivity contribution is -0.232. The topological polar surface area (TPSA) is 23.6 Å². The lowest BCUT2D eigenvalue weighted by Gasteiger charge is -2.59. The van der Waals surface area contributed by atoms with E-state index in [1.165, 1.54) is 44.9 Å². The maximum Gasteiger partial charge on any atom is 0.258 e. The molecule has 5 aliphatic rings. The molecular weight excluding hydrogens is 260 g/mol. The number of hydrogen-bond acceptors (Lipinski definition) is 2. The number of hydrogen-bond donors (Lipinski definition) is 0. The van der Waals surface area contributed by atoms with Gasteiger partial charge in [-0.1, -0.05) is 0 Å². The quantitative estimate of drug-likeness (QED) is 0.797. The van der Waals surface area contributed by atoms with Crippen LogP contribution in [-0.4, -0.2) is 34.1 Å². The largest absolute Gasteiger partial charge is 0.271 e. The van der Waals surface area contributed by atoms with Gasteiger partial charge in [-0.25, -0.2) is 5.01 Å². The molecule has 116 valence electrons. The number of fused-ring (bicyclic) bond motifs is 1. The molecule has 2 bridgehead atoms. The third-order valence-corrected chi connectivity index (χ3v) is 7.45. The van der Waals surface area contributed by atoms with Crippen molar-refractivity contribution in [3.63, 3.8) is 0 Å². The van der Waals surface area contributed by atoms with Crippen LogP contribution >= 0.6 is 0 Å². The van der Waals surface area contributed by atoms with E-state index >= 15 is 0 Å². The summed E-state index contributed by atoms with van der Waals surface area (Å²) >= 11 is 0. The zero-order valence-electron chi connectivity index (χ0n) is 13.4. The molecule has 5 atom stereocenters. The Labute approximate surface area is 128 Å². The van der Waals surface area contributed by atoms with Gasteiger partial charge in [-0.15, -0.1) is 0 Å². The molecule has 0 N–H and O–H groups in total. The van der Waals surface area contributed by atoms with Crippen LogP contribution in [0.3, 0.4) is 0 Å². The Morgan fingerprint density at radius 2 is 1.76 bits per heavy atom. The molecule has 5 rings (SSSR count). The number of hydrazine groups is 1. The van der Waals surface area contributed by atoms with Crippen LogP contribution in [0.1, 0.15) is 58.8 Å². The van der Waals surface area contributed by atoms with Crippen LogP contribution in [0.4, 0.5) is 0 Å². The summed E-state index contributed by atoms with van der Waals surface area (Å²) in [5.41, 5.74) is -0.240. The Balaban J connectivity index is 1.39. The molecule has 0 aromatic rings. The smallest absolute Gasteiger partial charge is 0.258 e. The highest BCUT2D eigenvalue weighted by Gasteiger charge is 2.60. The molecule has 1 aliphatic heterocycles. The first-order valence-electron chi connectivity index (χ1n) is 9.17. The molecule has 4 saturated carbocycles. The van der Waals surface area contributed by atoms with Gasteiger partial charge < -0.3 is 0 Å². The van der Waals surface area contributed by atoms with Crippen LogP contribution in [0.5, 0.6) is 0 Å². The Kier molecular flexibility index (Phi) is 2.48.